The Morgan fingerprint density at radius 1 is 1.16 bits per heavy atom. The predicted octanol–water partition coefficient (Wildman–Crippen LogP) is 0.550. The lowest BCUT2D eigenvalue weighted by atomic mass is 10.2. The number of hydrogen-bond donors (Lipinski definition) is 2. The molecule has 0 aliphatic carbocycles. The molecule has 0 aliphatic rings. The van der Waals surface area contributed by atoms with Crippen LogP contribution >= 0.6 is 0 Å². The van der Waals surface area contributed by atoms with Gasteiger partial charge in [-0.05, 0) is 24.9 Å². The van der Waals surface area contributed by atoms with Crippen molar-refractivity contribution >= 4 is 10.0 Å². The predicted molar refractivity (Wildman–Crippen MR) is 76.0 cm³/mol. The smallest absolute Gasteiger partial charge is 0.214 e. The number of hydrogen-bond acceptors (Lipinski definition) is 4. The zero-order valence-corrected chi connectivity index (χ0v) is 11.8. The summed E-state index contributed by atoms with van der Waals surface area (Å²) in [6, 6.07) is 9.37. The highest BCUT2D eigenvalue weighted by Gasteiger charge is 2.21. The van der Waals surface area contributed by atoms with Gasteiger partial charge in [0.05, 0.1) is 12.4 Å². The summed E-state index contributed by atoms with van der Waals surface area (Å²) in [4.78, 5) is 0. The summed E-state index contributed by atoms with van der Waals surface area (Å²) in [5.41, 5.74) is 6.28. The second-order valence-electron chi connectivity index (χ2n) is 4.35. The van der Waals surface area contributed by atoms with Crippen LogP contribution in [0.2, 0.25) is 0 Å². The lowest BCUT2D eigenvalue weighted by Gasteiger charge is -2.21. The Balaban J connectivity index is 2.70. The largest absolute Gasteiger partial charge is 0.395 e. The molecule has 6 heteroatoms. The van der Waals surface area contributed by atoms with E-state index in [1.54, 1.807) is 0 Å². The van der Waals surface area contributed by atoms with Crippen LogP contribution in [-0.2, 0) is 16.6 Å². The van der Waals surface area contributed by atoms with Crippen LogP contribution in [0.3, 0.4) is 0 Å². The Hall–Kier alpha value is -0.950. The van der Waals surface area contributed by atoms with Gasteiger partial charge in [-0.2, -0.15) is 4.31 Å². The second kappa shape index (κ2) is 8.27. The molecule has 0 aliphatic heterocycles. The normalized spacial score (nSPS) is 11.9. The van der Waals surface area contributed by atoms with Gasteiger partial charge < -0.3 is 10.8 Å². The summed E-state index contributed by atoms with van der Waals surface area (Å²) in [6.45, 7) is 0.739. The highest BCUT2D eigenvalue weighted by molar-refractivity contribution is 7.89. The highest BCUT2D eigenvalue weighted by atomic mass is 32.2. The topological polar surface area (TPSA) is 83.6 Å². The SMILES string of the molecule is NCCCCS(=O)(=O)N(CCO)Cc1ccccc1. The van der Waals surface area contributed by atoms with Crippen LogP contribution in [-0.4, -0.2) is 43.3 Å². The van der Waals surface area contributed by atoms with E-state index in [9.17, 15) is 8.42 Å². The third-order valence-electron chi connectivity index (χ3n) is 2.80. The molecule has 5 nitrogen and oxygen atoms in total. The number of sulfonamides is 1. The van der Waals surface area contributed by atoms with Crippen LogP contribution in [0.15, 0.2) is 30.3 Å². The molecule has 0 amide bonds. The minimum absolute atomic E-state index is 0.0804. The fourth-order valence-electron chi connectivity index (χ4n) is 1.77. The molecule has 0 bridgehead atoms. The molecule has 0 saturated carbocycles. The molecule has 0 fully saturated rings. The van der Waals surface area contributed by atoms with Crippen molar-refractivity contribution in [2.45, 2.75) is 19.4 Å². The third kappa shape index (κ3) is 5.69. The molecular formula is C13H22N2O3S. The maximum Gasteiger partial charge on any atom is 0.214 e. The van der Waals surface area contributed by atoms with E-state index < -0.39 is 10.0 Å². The van der Waals surface area contributed by atoms with Crippen LogP contribution < -0.4 is 5.73 Å². The quantitative estimate of drug-likeness (QED) is 0.649. The summed E-state index contributed by atoms with van der Waals surface area (Å²) in [6.07, 6.45) is 1.24. The molecule has 0 radical (unpaired) electrons. The molecule has 19 heavy (non-hydrogen) atoms. The summed E-state index contributed by atoms with van der Waals surface area (Å²) < 4.78 is 25.7. The van der Waals surface area contributed by atoms with Gasteiger partial charge in [0.1, 0.15) is 0 Å². The van der Waals surface area contributed by atoms with Gasteiger partial charge in [0, 0.05) is 13.1 Å². The average Bonchev–Trinajstić information content (AvgIpc) is 2.39. The van der Waals surface area contributed by atoms with Crippen molar-refractivity contribution in [3.05, 3.63) is 35.9 Å². The molecular weight excluding hydrogens is 264 g/mol. The minimum Gasteiger partial charge on any atom is -0.395 e. The van der Waals surface area contributed by atoms with Gasteiger partial charge in [0.25, 0.3) is 0 Å². The van der Waals surface area contributed by atoms with Crippen molar-refractivity contribution in [2.24, 2.45) is 5.73 Å². The Morgan fingerprint density at radius 2 is 1.84 bits per heavy atom. The van der Waals surface area contributed by atoms with E-state index in [4.69, 9.17) is 10.8 Å². The number of nitrogens with two attached hydrogens (primary N) is 1. The van der Waals surface area contributed by atoms with E-state index in [1.807, 2.05) is 30.3 Å². The van der Waals surface area contributed by atoms with Crippen LogP contribution in [0.1, 0.15) is 18.4 Å². The first kappa shape index (κ1) is 16.1. The Kier molecular flexibility index (Phi) is 7.01. The number of benzene rings is 1. The molecule has 1 aromatic carbocycles. The molecule has 0 saturated heterocycles. The molecule has 0 heterocycles. The van der Waals surface area contributed by atoms with Crippen molar-refractivity contribution in [1.82, 2.24) is 4.31 Å². The second-order valence-corrected chi connectivity index (χ2v) is 6.44. The average molecular weight is 286 g/mol. The van der Waals surface area contributed by atoms with Crippen molar-refractivity contribution in [1.29, 1.82) is 0 Å². The molecule has 0 unspecified atom stereocenters. The van der Waals surface area contributed by atoms with Gasteiger partial charge >= 0.3 is 0 Å². The fourth-order valence-corrected chi connectivity index (χ4v) is 3.31. The van der Waals surface area contributed by atoms with Gasteiger partial charge in [-0.3, -0.25) is 0 Å². The Morgan fingerprint density at radius 3 is 2.42 bits per heavy atom. The summed E-state index contributed by atoms with van der Waals surface area (Å²) in [5, 5.41) is 9.02. The van der Waals surface area contributed by atoms with Crippen LogP contribution in [0.4, 0.5) is 0 Å². The maximum atomic E-state index is 12.2. The van der Waals surface area contributed by atoms with Crippen molar-refractivity contribution in [3.8, 4) is 0 Å². The summed E-state index contributed by atoms with van der Waals surface area (Å²) >= 11 is 0. The van der Waals surface area contributed by atoms with Gasteiger partial charge in [0.15, 0.2) is 0 Å². The Labute approximate surface area is 115 Å². The third-order valence-corrected chi connectivity index (χ3v) is 4.70. The molecule has 1 rings (SSSR count). The molecule has 1 aromatic rings. The van der Waals surface area contributed by atoms with Crippen molar-refractivity contribution in [3.63, 3.8) is 0 Å². The minimum atomic E-state index is -3.34. The van der Waals surface area contributed by atoms with Crippen LogP contribution in [0.5, 0.6) is 0 Å². The standard InChI is InChI=1S/C13H22N2O3S/c14-8-4-5-11-19(17,18)15(9-10-16)12-13-6-2-1-3-7-13/h1-3,6-7,16H,4-5,8-12,14H2. The van der Waals surface area contributed by atoms with Crippen molar-refractivity contribution < 1.29 is 13.5 Å². The first-order valence-electron chi connectivity index (χ1n) is 6.43. The number of rotatable bonds is 9. The van der Waals surface area contributed by atoms with Gasteiger partial charge in [0.2, 0.25) is 10.0 Å². The van der Waals surface area contributed by atoms with E-state index in [2.05, 4.69) is 0 Å². The van der Waals surface area contributed by atoms with E-state index in [-0.39, 0.29) is 18.9 Å². The maximum absolute atomic E-state index is 12.2. The molecule has 0 aromatic heterocycles. The van der Waals surface area contributed by atoms with Gasteiger partial charge in [-0.25, -0.2) is 8.42 Å². The van der Waals surface area contributed by atoms with E-state index in [0.717, 1.165) is 5.56 Å². The van der Waals surface area contributed by atoms with Crippen LogP contribution in [0, 0.1) is 0 Å². The number of aliphatic hydroxyl groups is 1. The number of aliphatic hydroxyl groups excluding tert-OH is 1. The lowest BCUT2D eigenvalue weighted by molar-refractivity contribution is 0.251. The van der Waals surface area contributed by atoms with E-state index >= 15 is 0 Å². The summed E-state index contributed by atoms with van der Waals surface area (Å²) in [7, 11) is -3.34. The molecule has 0 spiro atoms. The molecule has 0 atom stereocenters. The number of nitrogens with zero attached hydrogens (tertiary/aromatic N) is 1. The van der Waals surface area contributed by atoms with Gasteiger partial charge in [-0.1, -0.05) is 30.3 Å². The van der Waals surface area contributed by atoms with E-state index in [0.29, 0.717) is 25.9 Å². The number of unbranched alkanes of at least 4 members (excludes halogenated alkanes) is 1. The Bertz CT molecular complexity index is 448. The summed E-state index contributed by atoms with van der Waals surface area (Å²) in [5.74, 6) is 0.0804. The zero-order chi connectivity index (χ0) is 14.1. The monoisotopic (exact) mass is 286 g/mol. The lowest BCUT2D eigenvalue weighted by Crippen LogP contribution is -2.35. The molecule has 3 N–H and O–H groups in total. The molecule has 108 valence electrons. The highest BCUT2D eigenvalue weighted by Crippen LogP contribution is 2.11. The van der Waals surface area contributed by atoms with Crippen LogP contribution in [0.25, 0.3) is 0 Å². The zero-order valence-electron chi connectivity index (χ0n) is 11.0. The first-order chi connectivity index (χ1) is 9.10. The van der Waals surface area contributed by atoms with Crippen molar-refractivity contribution in [2.75, 3.05) is 25.4 Å². The first-order valence-corrected chi connectivity index (χ1v) is 8.03. The van der Waals surface area contributed by atoms with E-state index in [1.165, 1.54) is 4.31 Å². The fraction of sp³-hybridized carbons (Fsp3) is 0.538. The van der Waals surface area contributed by atoms with Gasteiger partial charge in [-0.15, -0.1) is 0 Å².